The molecule has 2 aromatic rings. The van der Waals surface area contributed by atoms with Crippen molar-refractivity contribution in [2.75, 3.05) is 19.8 Å². The number of rotatable bonds is 9. The average Bonchev–Trinajstić information content (AvgIpc) is 2.84. The van der Waals surface area contributed by atoms with E-state index >= 15 is 0 Å². The third-order valence-electron chi connectivity index (χ3n) is 7.12. The summed E-state index contributed by atoms with van der Waals surface area (Å²) in [5, 5.41) is 16.8. The lowest BCUT2D eigenvalue weighted by molar-refractivity contribution is -0.156. The standard InChI is InChI=1S/C26H30ClFN2O5/c1-17-2-4-18(5-3-17)34-13-12-29-24(33)26-10-8-25(9-11-26,15-22(26)31)30-23(32)16-35-19-6-7-20(27)21(28)14-19/h2-7,14,22,31H,8-13,15-16H2,1H3,(H,29,33)(H,30,32). The number of carbonyl (C=O) groups excluding carboxylic acids is 2. The van der Waals surface area contributed by atoms with Crippen LogP contribution in [0.3, 0.4) is 0 Å². The Morgan fingerprint density at radius 1 is 1.09 bits per heavy atom. The lowest BCUT2D eigenvalue weighted by Gasteiger charge is -2.55. The molecule has 2 bridgehead atoms. The van der Waals surface area contributed by atoms with Crippen LogP contribution >= 0.6 is 11.6 Å². The lowest BCUT2D eigenvalue weighted by atomic mass is 9.55. The maximum Gasteiger partial charge on any atom is 0.258 e. The number of aryl methyl sites for hydroxylation is 1. The molecule has 1 atom stereocenters. The molecule has 9 heteroatoms. The number of aliphatic hydroxyl groups excluding tert-OH is 1. The minimum Gasteiger partial charge on any atom is -0.492 e. The van der Waals surface area contributed by atoms with Gasteiger partial charge in [-0.05, 0) is 63.3 Å². The lowest BCUT2D eigenvalue weighted by Crippen LogP contribution is -2.65. The Kier molecular flexibility index (Phi) is 7.52. The Balaban J connectivity index is 1.24. The summed E-state index contributed by atoms with van der Waals surface area (Å²) in [6, 6.07) is 11.7. The second kappa shape index (κ2) is 10.4. The zero-order valence-corrected chi connectivity index (χ0v) is 20.4. The molecule has 0 saturated heterocycles. The van der Waals surface area contributed by atoms with Gasteiger partial charge in [0, 0.05) is 11.6 Å². The maximum absolute atomic E-state index is 13.6. The number of carbonyl (C=O) groups is 2. The van der Waals surface area contributed by atoms with E-state index < -0.39 is 22.9 Å². The van der Waals surface area contributed by atoms with Crippen LogP contribution in [0.4, 0.5) is 4.39 Å². The molecule has 0 heterocycles. The van der Waals surface area contributed by atoms with E-state index in [0.29, 0.717) is 45.3 Å². The van der Waals surface area contributed by atoms with E-state index in [0.717, 1.165) is 17.4 Å². The van der Waals surface area contributed by atoms with Gasteiger partial charge in [-0.15, -0.1) is 0 Å². The summed E-state index contributed by atoms with van der Waals surface area (Å²) >= 11 is 5.66. The first-order chi connectivity index (χ1) is 16.7. The summed E-state index contributed by atoms with van der Waals surface area (Å²) in [4.78, 5) is 25.5. The van der Waals surface area contributed by atoms with Crippen LogP contribution in [0.5, 0.6) is 11.5 Å². The molecule has 1 unspecified atom stereocenters. The third kappa shape index (κ3) is 5.70. The van der Waals surface area contributed by atoms with Crippen molar-refractivity contribution in [2.24, 2.45) is 5.41 Å². The largest absolute Gasteiger partial charge is 0.492 e. The van der Waals surface area contributed by atoms with Crippen LogP contribution in [0.15, 0.2) is 42.5 Å². The van der Waals surface area contributed by atoms with E-state index in [1.165, 1.54) is 12.1 Å². The molecule has 3 saturated carbocycles. The highest BCUT2D eigenvalue weighted by Gasteiger charge is 2.58. The minimum atomic E-state index is -0.866. The Labute approximate surface area is 208 Å². The van der Waals surface area contributed by atoms with Crippen molar-refractivity contribution in [3.63, 3.8) is 0 Å². The zero-order valence-electron chi connectivity index (χ0n) is 19.6. The van der Waals surface area contributed by atoms with Gasteiger partial charge in [0.15, 0.2) is 6.61 Å². The van der Waals surface area contributed by atoms with Crippen LogP contribution in [-0.2, 0) is 9.59 Å². The molecule has 3 aliphatic rings. The topological polar surface area (TPSA) is 96.9 Å². The van der Waals surface area contributed by atoms with Crippen LogP contribution < -0.4 is 20.1 Å². The van der Waals surface area contributed by atoms with Gasteiger partial charge in [0.05, 0.1) is 23.1 Å². The highest BCUT2D eigenvalue weighted by Crippen LogP contribution is 2.52. The van der Waals surface area contributed by atoms with E-state index in [-0.39, 0.29) is 29.2 Å². The summed E-state index contributed by atoms with van der Waals surface area (Å²) in [7, 11) is 0. The molecular weight excluding hydrogens is 475 g/mol. The van der Waals surface area contributed by atoms with Gasteiger partial charge < -0.3 is 25.2 Å². The summed E-state index contributed by atoms with van der Waals surface area (Å²) in [5.41, 5.74) is -0.292. The fraction of sp³-hybridized carbons (Fsp3) is 0.462. The van der Waals surface area contributed by atoms with E-state index in [1.54, 1.807) is 0 Å². The first-order valence-corrected chi connectivity index (χ1v) is 12.1. The van der Waals surface area contributed by atoms with E-state index in [9.17, 15) is 19.1 Å². The van der Waals surface area contributed by atoms with Crippen molar-refractivity contribution in [1.82, 2.24) is 10.6 Å². The van der Waals surface area contributed by atoms with Crippen molar-refractivity contribution >= 4 is 23.4 Å². The number of hydrogen-bond donors (Lipinski definition) is 3. The second-order valence-corrected chi connectivity index (χ2v) is 9.89. The number of amides is 2. The smallest absolute Gasteiger partial charge is 0.258 e. The molecule has 188 valence electrons. The molecule has 0 spiro atoms. The molecule has 2 amide bonds. The fourth-order valence-electron chi connectivity index (χ4n) is 5.02. The molecule has 3 fully saturated rings. The summed E-state index contributed by atoms with van der Waals surface area (Å²) < 4.78 is 24.6. The Morgan fingerprint density at radius 3 is 2.43 bits per heavy atom. The predicted molar refractivity (Wildman–Crippen MR) is 129 cm³/mol. The molecule has 2 aromatic carbocycles. The number of nitrogens with one attached hydrogen (secondary N) is 2. The summed E-state index contributed by atoms with van der Waals surface area (Å²) in [6.07, 6.45) is 1.54. The van der Waals surface area contributed by atoms with Gasteiger partial charge in [0.25, 0.3) is 5.91 Å². The number of halogens is 2. The van der Waals surface area contributed by atoms with Gasteiger partial charge in [-0.3, -0.25) is 9.59 Å². The molecule has 3 aliphatic carbocycles. The Morgan fingerprint density at radius 2 is 1.77 bits per heavy atom. The highest BCUT2D eigenvalue weighted by atomic mass is 35.5. The van der Waals surface area contributed by atoms with Crippen molar-refractivity contribution in [3.8, 4) is 11.5 Å². The van der Waals surface area contributed by atoms with Crippen molar-refractivity contribution in [2.45, 2.75) is 50.7 Å². The van der Waals surface area contributed by atoms with Gasteiger partial charge in [-0.25, -0.2) is 4.39 Å². The molecule has 7 nitrogen and oxygen atoms in total. The molecule has 0 aliphatic heterocycles. The number of ether oxygens (including phenoxy) is 2. The maximum atomic E-state index is 13.6. The molecule has 3 N–H and O–H groups in total. The molecule has 35 heavy (non-hydrogen) atoms. The number of fused-ring (bicyclic) bond motifs is 3. The minimum absolute atomic E-state index is 0.0228. The normalized spacial score (nSPS) is 25.1. The fourth-order valence-corrected chi connectivity index (χ4v) is 5.14. The molecule has 0 aromatic heterocycles. The number of hydrogen-bond acceptors (Lipinski definition) is 5. The van der Waals surface area contributed by atoms with Crippen LogP contribution in [0.25, 0.3) is 0 Å². The van der Waals surface area contributed by atoms with Crippen LogP contribution in [0.2, 0.25) is 5.02 Å². The van der Waals surface area contributed by atoms with Crippen LogP contribution in [0.1, 0.15) is 37.7 Å². The number of benzene rings is 2. The zero-order chi connectivity index (χ0) is 25.1. The first kappa shape index (κ1) is 25.3. The quantitative estimate of drug-likeness (QED) is 0.454. The van der Waals surface area contributed by atoms with Gasteiger partial charge in [0.2, 0.25) is 5.91 Å². The van der Waals surface area contributed by atoms with Gasteiger partial charge >= 0.3 is 0 Å². The highest BCUT2D eigenvalue weighted by molar-refractivity contribution is 6.30. The predicted octanol–water partition coefficient (Wildman–Crippen LogP) is 3.54. The van der Waals surface area contributed by atoms with Crippen molar-refractivity contribution in [1.29, 1.82) is 0 Å². The van der Waals surface area contributed by atoms with Crippen LogP contribution in [0, 0.1) is 18.2 Å². The summed E-state index contributed by atoms with van der Waals surface area (Å²) in [6.45, 7) is 2.39. The summed E-state index contributed by atoms with van der Waals surface area (Å²) in [5.74, 6) is -0.218. The van der Waals surface area contributed by atoms with Gasteiger partial charge in [0.1, 0.15) is 23.9 Å². The van der Waals surface area contributed by atoms with Crippen LogP contribution in [-0.4, -0.2) is 48.3 Å². The Bertz CT molecular complexity index is 1070. The molecular formula is C26H30ClFN2O5. The molecule has 5 rings (SSSR count). The van der Waals surface area contributed by atoms with E-state index in [4.69, 9.17) is 21.1 Å². The third-order valence-corrected chi connectivity index (χ3v) is 7.42. The van der Waals surface area contributed by atoms with E-state index in [2.05, 4.69) is 10.6 Å². The monoisotopic (exact) mass is 504 g/mol. The number of aliphatic hydroxyl groups is 1. The van der Waals surface area contributed by atoms with E-state index in [1.807, 2.05) is 31.2 Å². The Hall–Kier alpha value is -2.84. The molecule has 0 radical (unpaired) electrons. The van der Waals surface area contributed by atoms with Gasteiger partial charge in [-0.2, -0.15) is 0 Å². The average molecular weight is 505 g/mol. The van der Waals surface area contributed by atoms with Gasteiger partial charge in [-0.1, -0.05) is 29.3 Å². The first-order valence-electron chi connectivity index (χ1n) is 11.8. The second-order valence-electron chi connectivity index (χ2n) is 9.49. The SMILES string of the molecule is Cc1ccc(OCCNC(=O)C23CCC(NC(=O)COc4ccc(Cl)c(F)c4)(CC2)CC3O)cc1. The van der Waals surface area contributed by atoms with Crippen molar-refractivity contribution < 1.29 is 28.6 Å². The van der Waals surface area contributed by atoms with Crippen molar-refractivity contribution in [3.05, 3.63) is 58.9 Å².